The quantitative estimate of drug-likeness (QED) is 0.863. The second kappa shape index (κ2) is 5.56. The van der Waals surface area contributed by atoms with Gasteiger partial charge in [-0.25, -0.2) is 8.78 Å². The SMILES string of the molecule is CN1CCC(NCCc2cc(F)cc(F)c2)C1. The number of likely N-dealkylation sites (N-methyl/N-ethyl adjacent to an activating group) is 1. The number of nitrogens with one attached hydrogen (secondary N) is 1. The molecule has 1 N–H and O–H groups in total. The molecule has 1 unspecified atom stereocenters. The molecule has 17 heavy (non-hydrogen) atoms. The van der Waals surface area contributed by atoms with Crippen LogP contribution in [-0.2, 0) is 6.42 Å². The van der Waals surface area contributed by atoms with Crippen LogP contribution in [0.3, 0.4) is 0 Å². The smallest absolute Gasteiger partial charge is 0.126 e. The zero-order valence-electron chi connectivity index (χ0n) is 10.0. The molecule has 0 spiro atoms. The van der Waals surface area contributed by atoms with Crippen LogP contribution in [0.4, 0.5) is 8.78 Å². The zero-order valence-corrected chi connectivity index (χ0v) is 10.0. The van der Waals surface area contributed by atoms with Crippen LogP contribution in [0, 0.1) is 11.6 Å². The second-order valence-corrected chi connectivity index (χ2v) is 4.73. The summed E-state index contributed by atoms with van der Waals surface area (Å²) in [5.74, 6) is -0.999. The molecule has 1 aromatic rings. The van der Waals surface area contributed by atoms with Gasteiger partial charge in [-0.15, -0.1) is 0 Å². The van der Waals surface area contributed by atoms with Crippen LogP contribution in [0.5, 0.6) is 0 Å². The van der Waals surface area contributed by atoms with Crippen molar-refractivity contribution >= 4 is 0 Å². The average Bonchev–Trinajstić information content (AvgIpc) is 2.63. The summed E-state index contributed by atoms with van der Waals surface area (Å²) < 4.78 is 25.9. The molecule has 1 heterocycles. The predicted octanol–water partition coefficient (Wildman–Crippen LogP) is 1.80. The third kappa shape index (κ3) is 3.75. The maximum absolute atomic E-state index is 12.9. The number of nitrogens with zero attached hydrogens (tertiary/aromatic N) is 1. The van der Waals surface area contributed by atoms with Gasteiger partial charge in [0.05, 0.1) is 0 Å². The van der Waals surface area contributed by atoms with Crippen molar-refractivity contribution < 1.29 is 8.78 Å². The average molecular weight is 240 g/mol. The first-order chi connectivity index (χ1) is 8.13. The molecule has 2 rings (SSSR count). The molecule has 0 saturated carbocycles. The number of hydrogen-bond acceptors (Lipinski definition) is 2. The van der Waals surface area contributed by atoms with Gasteiger partial charge >= 0.3 is 0 Å². The fourth-order valence-electron chi connectivity index (χ4n) is 2.28. The second-order valence-electron chi connectivity index (χ2n) is 4.73. The summed E-state index contributed by atoms with van der Waals surface area (Å²) in [6.45, 7) is 2.94. The minimum atomic E-state index is -0.499. The van der Waals surface area contributed by atoms with Crippen LogP contribution in [0.25, 0.3) is 0 Å². The lowest BCUT2D eigenvalue weighted by Gasteiger charge is -2.12. The van der Waals surface area contributed by atoms with Crippen molar-refractivity contribution in [2.24, 2.45) is 0 Å². The van der Waals surface area contributed by atoms with Gasteiger partial charge in [0.25, 0.3) is 0 Å². The fraction of sp³-hybridized carbons (Fsp3) is 0.538. The van der Waals surface area contributed by atoms with Gasteiger partial charge in [-0.2, -0.15) is 0 Å². The van der Waals surface area contributed by atoms with Crippen molar-refractivity contribution in [1.82, 2.24) is 10.2 Å². The first-order valence-corrected chi connectivity index (χ1v) is 6.00. The molecule has 1 fully saturated rings. The molecule has 1 aliphatic heterocycles. The highest BCUT2D eigenvalue weighted by Gasteiger charge is 2.18. The summed E-state index contributed by atoms with van der Waals surface area (Å²) in [4.78, 5) is 2.28. The molecule has 0 aromatic heterocycles. The van der Waals surface area contributed by atoms with Gasteiger partial charge < -0.3 is 10.2 Å². The predicted molar refractivity (Wildman–Crippen MR) is 64.0 cm³/mol. The maximum Gasteiger partial charge on any atom is 0.126 e. The molecule has 0 amide bonds. The highest BCUT2D eigenvalue weighted by molar-refractivity contribution is 5.18. The molecule has 0 bridgehead atoms. The summed E-state index contributed by atoms with van der Waals surface area (Å²) in [5.41, 5.74) is 0.710. The molecular formula is C13H18F2N2. The molecule has 1 aliphatic rings. The Kier molecular flexibility index (Phi) is 4.07. The van der Waals surface area contributed by atoms with E-state index < -0.39 is 11.6 Å². The molecule has 1 atom stereocenters. The fourth-order valence-corrected chi connectivity index (χ4v) is 2.28. The van der Waals surface area contributed by atoms with Crippen LogP contribution in [0.1, 0.15) is 12.0 Å². The Balaban J connectivity index is 1.78. The number of likely N-dealkylation sites (tertiary alicyclic amines) is 1. The van der Waals surface area contributed by atoms with E-state index >= 15 is 0 Å². The lowest BCUT2D eigenvalue weighted by molar-refractivity contribution is 0.398. The molecule has 1 saturated heterocycles. The standard InChI is InChI=1S/C13H18F2N2/c1-17-5-3-13(9-17)16-4-2-10-6-11(14)8-12(15)7-10/h6-8,13,16H,2-5,9H2,1H3. The van der Waals surface area contributed by atoms with Crippen LogP contribution in [0.2, 0.25) is 0 Å². The van der Waals surface area contributed by atoms with E-state index in [1.807, 2.05) is 0 Å². The summed E-state index contributed by atoms with van der Waals surface area (Å²) in [7, 11) is 2.10. The van der Waals surface area contributed by atoms with Gasteiger partial charge in [-0.1, -0.05) is 0 Å². The van der Waals surface area contributed by atoms with Gasteiger partial charge in [-0.3, -0.25) is 0 Å². The Bertz CT molecular complexity index is 361. The van der Waals surface area contributed by atoms with E-state index in [2.05, 4.69) is 17.3 Å². The zero-order chi connectivity index (χ0) is 12.3. The topological polar surface area (TPSA) is 15.3 Å². The third-order valence-electron chi connectivity index (χ3n) is 3.16. The minimum absolute atomic E-state index is 0.499. The maximum atomic E-state index is 12.9. The summed E-state index contributed by atoms with van der Waals surface area (Å²) in [5, 5.41) is 3.41. The minimum Gasteiger partial charge on any atom is -0.312 e. The highest BCUT2D eigenvalue weighted by atomic mass is 19.1. The van der Waals surface area contributed by atoms with Crippen LogP contribution < -0.4 is 5.32 Å². The molecular weight excluding hydrogens is 222 g/mol. The van der Waals surface area contributed by atoms with Gasteiger partial charge in [0.1, 0.15) is 11.6 Å². The molecule has 2 nitrogen and oxygen atoms in total. The normalized spacial score (nSPS) is 21.0. The Morgan fingerprint density at radius 2 is 2.00 bits per heavy atom. The first-order valence-electron chi connectivity index (χ1n) is 6.00. The van der Waals surface area contributed by atoms with Gasteiger partial charge in [-0.05, 0) is 50.7 Å². The van der Waals surface area contributed by atoms with E-state index in [-0.39, 0.29) is 0 Å². The van der Waals surface area contributed by atoms with Crippen molar-refractivity contribution in [3.05, 3.63) is 35.4 Å². The highest BCUT2D eigenvalue weighted by Crippen LogP contribution is 2.09. The van der Waals surface area contributed by atoms with Crippen LogP contribution in [0.15, 0.2) is 18.2 Å². The van der Waals surface area contributed by atoms with Crippen molar-refractivity contribution in [1.29, 1.82) is 0 Å². The molecule has 0 aliphatic carbocycles. The third-order valence-corrected chi connectivity index (χ3v) is 3.16. The van der Waals surface area contributed by atoms with E-state index in [0.717, 1.165) is 32.1 Å². The summed E-state index contributed by atoms with van der Waals surface area (Å²) >= 11 is 0. The van der Waals surface area contributed by atoms with Crippen molar-refractivity contribution in [2.45, 2.75) is 18.9 Å². The Hall–Kier alpha value is -1.00. The van der Waals surface area contributed by atoms with Gasteiger partial charge in [0.2, 0.25) is 0 Å². The molecule has 1 aromatic carbocycles. The van der Waals surface area contributed by atoms with E-state index in [1.54, 1.807) is 0 Å². The number of rotatable bonds is 4. The Morgan fingerprint density at radius 1 is 1.29 bits per heavy atom. The van der Waals surface area contributed by atoms with E-state index in [1.165, 1.54) is 12.1 Å². The van der Waals surface area contributed by atoms with E-state index in [4.69, 9.17) is 0 Å². The lowest BCUT2D eigenvalue weighted by Crippen LogP contribution is -2.32. The summed E-state index contributed by atoms with van der Waals surface area (Å²) in [6.07, 6.45) is 1.81. The number of benzene rings is 1. The van der Waals surface area contributed by atoms with E-state index in [0.29, 0.717) is 18.0 Å². The summed E-state index contributed by atoms with van der Waals surface area (Å²) in [6, 6.07) is 4.21. The van der Waals surface area contributed by atoms with E-state index in [9.17, 15) is 8.78 Å². The monoisotopic (exact) mass is 240 g/mol. The molecule has 4 heteroatoms. The Labute approximate surface area is 101 Å². The molecule has 94 valence electrons. The number of hydrogen-bond donors (Lipinski definition) is 1. The van der Waals surface area contributed by atoms with Gasteiger partial charge in [0, 0.05) is 18.7 Å². The largest absolute Gasteiger partial charge is 0.312 e. The van der Waals surface area contributed by atoms with Crippen molar-refractivity contribution in [3.63, 3.8) is 0 Å². The molecule has 0 radical (unpaired) electrons. The van der Waals surface area contributed by atoms with Gasteiger partial charge in [0.15, 0.2) is 0 Å². The lowest BCUT2D eigenvalue weighted by atomic mass is 10.1. The van der Waals surface area contributed by atoms with Crippen LogP contribution >= 0.6 is 0 Å². The Morgan fingerprint density at radius 3 is 2.59 bits per heavy atom. The van der Waals surface area contributed by atoms with Crippen LogP contribution in [-0.4, -0.2) is 37.6 Å². The first kappa shape index (κ1) is 12.5. The van der Waals surface area contributed by atoms with Crippen molar-refractivity contribution in [3.8, 4) is 0 Å². The van der Waals surface area contributed by atoms with Crippen molar-refractivity contribution in [2.75, 3.05) is 26.7 Å². The number of halogens is 2.